The third kappa shape index (κ3) is 4.91. The van der Waals surface area contributed by atoms with Crippen LogP contribution in [0.4, 0.5) is 0 Å². The van der Waals surface area contributed by atoms with Gasteiger partial charge in [-0.1, -0.05) is 35.6 Å². The highest BCUT2D eigenvalue weighted by Gasteiger charge is 2.20. The van der Waals surface area contributed by atoms with Crippen molar-refractivity contribution in [1.82, 2.24) is 14.6 Å². The standard InChI is InChI=1S/C19H21N3O3S2/c23-27(24)21-15-9-11-22(12-10-15)13-14-5-7-16(8-6-14)25-19-20-17-3-1-2-4-18(17)26-19/h1-8,15,21H,9-13H2,(H,23,24). The molecule has 1 aliphatic heterocycles. The molecule has 0 saturated carbocycles. The van der Waals surface area contributed by atoms with E-state index in [1.165, 1.54) is 5.56 Å². The van der Waals surface area contributed by atoms with Crippen LogP contribution in [-0.2, 0) is 17.8 Å². The van der Waals surface area contributed by atoms with Gasteiger partial charge in [0, 0.05) is 25.7 Å². The molecular formula is C19H21N3O3S2. The Hall–Kier alpha value is -1.84. The fraction of sp³-hybridized carbons (Fsp3) is 0.316. The van der Waals surface area contributed by atoms with Gasteiger partial charge in [0.05, 0.1) is 10.2 Å². The van der Waals surface area contributed by atoms with Gasteiger partial charge in [-0.2, -0.15) is 0 Å². The van der Waals surface area contributed by atoms with Crippen LogP contribution in [0.2, 0.25) is 0 Å². The number of piperidine rings is 1. The summed E-state index contributed by atoms with van der Waals surface area (Å²) in [6.07, 6.45) is 1.76. The Morgan fingerprint density at radius 1 is 1.19 bits per heavy atom. The highest BCUT2D eigenvalue weighted by atomic mass is 32.2. The third-order valence-electron chi connectivity index (χ3n) is 4.66. The van der Waals surface area contributed by atoms with Crippen LogP contribution in [0.1, 0.15) is 18.4 Å². The highest BCUT2D eigenvalue weighted by Crippen LogP contribution is 2.31. The van der Waals surface area contributed by atoms with Crippen molar-refractivity contribution >= 4 is 32.8 Å². The van der Waals surface area contributed by atoms with Crippen molar-refractivity contribution in [2.45, 2.75) is 25.4 Å². The number of likely N-dealkylation sites (tertiary alicyclic amines) is 1. The number of hydrogen-bond acceptors (Lipinski definition) is 5. The smallest absolute Gasteiger partial charge is 0.279 e. The van der Waals surface area contributed by atoms with E-state index in [9.17, 15) is 4.21 Å². The van der Waals surface area contributed by atoms with Crippen molar-refractivity contribution in [1.29, 1.82) is 0 Å². The fourth-order valence-corrected chi connectivity index (χ4v) is 4.62. The Balaban J connectivity index is 1.32. The lowest BCUT2D eigenvalue weighted by atomic mass is 10.1. The van der Waals surface area contributed by atoms with Gasteiger partial charge in [0.1, 0.15) is 5.75 Å². The van der Waals surface area contributed by atoms with E-state index in [-0.39, 0.29) is 6.04 Å². The second kappa shape index (κ2) is 8.45. The number of nitrogens with one attached hydrogen (secondary N) is 1. The Labute approximate surface area is 164 Å². The second-order valence-electron chi connectivity index (χ2n) is 6.61. The highest BCUT2D eigenvalue weighted by molar-refractivity contribution is 7.77. The lowest BCUT2D eigenvalue weighted by Crippen LogP contribution is -2.42. The Bertz CT molecular complexity index is 888. The molecule has 0 spiro atoms. The minimum Gasteiger partial charge on any atom is -0.431 e. The number of hydrogen-bond donors (Lipinski definition) is 2. The Kier molecular flexibility index (Phi) is 5.80. The molecule has 1 aromatic heterocycles. The van der Waals surface area contributed by atoms with Crippen molar-refractivity contribution in [3.8, 4) is 10.9 Å². The first kappa shape index (κ1) is 18.5. The number of aromatic nitrogens is 1. The SMILES string of the molecule is O=S(O)NC1CCN(Cc2ccc(Oc3nc4ccccc4s3)cc2)CC1. The van der Waals surface area contributed by atoms with Crippen LogP contribution in [0.5, 0.6) is 10.9 Å². The molecule has 1 saturated heterocycles. The Morgan fingerprint density at radius 2 is 1.93 bits per heavy atom. The third-order valence-corrected chi connectivity index (χ3v) is 6.11. The summed E-state index contributed by atoms with van der Waals surface area (Å²) in [4.78, 5) is 6.86. The monoisotopic (exact) mass is 403 g/mol. The molecule has 0 aliphatic carbocycles. The lowest BCUT2D eigenvalue weighted by Gasteiger charge is -2.31. The van der Waals surface area contributed by atoms with Crippen molar-refractivity contribution in [2.75, 3.05) is 13.1 Å². The molecule has 2 N–H and O–H groups in total. The molecule has 27 heavy (non-hydrogen) atoms. The summed E-state index contributed by atoms with van der Waals surface area (Å²) in [7, 11) is 0. The van der Waals surface area contributed by atoms with Gasteiger partial charge in [0.15, 0.2) is 0 Å². The maximum atomic E-state index is 10.8. The zero-order valence-corrected chi connectivity index (χ0v) is 16.3. The van der Waals surface area contributed by atoms with E-state index >= 15 is 0 Å². The van der Waals surface area contributed by atoms with Crippen LogP contribution in [0.3, 0.4) is 0 Å². The minimum absolute atomic E-state index is 0.122. The quantitative estimate of drug-likeness (QED) is 0.613. The van der Waals surface area contributed by atoms with Gasteiger partial charge in [-0.05, 0) is 42.7 Å². The molecule has 1 atom stereocenters. The molecule has 2 aromatic carbocycles. The molecular weight excluding hydrogens is 382 g/mol. The van der Waals surface area contributed by atoms with E-state index in [1.807, 2.05) is 36.4 Å². The zero-order chi connectivity index (χ0) is 18.6. The Morgan fingerprint density at radius 3 is 2.63 bits per heavy atom. The van der Waals surface area contributed by atoms with Gasteiger partial charge in [-0.3, -0.25) is 9.45 Å². The number of fused-ring (bicyclic) bond motifs is 1. The maximum Gasteiger partial charge on any atom is 0.279 e. The average molecular weight is 404 g/mol. The van der Waals surface area contributed by atoms with Gasteiger partial charge in [-0.25, -0.2) is 13.9 Å². The summed E-state index contributed by atoms with van der Waals surface area (Å²) in [5.74, 6) is 0.783. The van der Waals surface area contributed by atoms with Crippen LogP contribution in [0.15, 0.2) is 48.5 Å². The summed E-state index contributed by atoms with van der Waals surface area (Å²) in [6.45, 7) is 2.70. The zero-order valence-electron chi connectivity index (χ0n) is 14.7. The number of nitrogens with zero attached hydrogens (tertiary/aromatic N) is 2. The normalized spacial score (nSPS) is 17.2. The topological polar surface area (TPSA) is 74.7 Å². The second-order valence-corrected chi connectivity index (χ2v) is 8.34. The summed E-state index contributed by atoms with van der Waals surface area (Å²) in [6, 6.07) is 16.2. The van der Waals surface area contributed by atoms with Crippen molar-refractivity contribution < 1.29 is 13.5 Å². The molecule has 6 nitrogen and oxygen atoms in total. The molecule has 1 unspecified atom stereocenters. The predicted octanol–water partition coefficient (Wildman–Crippen LogP) is 3.78. The van der Waals surface area contributed by atoms with E-state index in [1.54, 1.807) is 11.3 Å². The molecule has 0 radical (unpaired) electrons. The first-order chi connectivity index (χ1) is 13.2. The number of benzene rings is 2. The van der Waals surface area contributed by atoms with Crippen LogP contribution >= 0.6 is 11.3 Å². The first-order valence-corrected chi connectivity index (χ1v) is 10.8. The average Bonchev–Trinajstić information content (AvgIpc) is 3.07. The molecule has 1 fully saturated rings. The van der Waals surface area contributed by atoms with Crippen LogP contribution in [-0.4, -0.2) is 37.8 Å². The van der Waals surface area contributed by atoms with Crippen LogP contribution < -0.4 is 9.46 Å². The lowest BCUT2D eigenvalue weighted by molar-refractivity contribution is 0.199. The van der Waals surface area contributed by atoms with Crippen LogP contribution in [0.25, 0.3) is 10.2 Å². The number of ether oxygens (including phenoxy) is 1. The van der Waals surface area contributed by atoms with Crippen LogP contribution in [0, 0.1) is 0 Å². The molecule has 0 bridgehead atoms. The maximum absolute atomic E-state index is 10.8. The molecule has 0 amide bonds. The van der Waals surface area contributed by atoms with E-state index in [0.717, 1.165) is 48.4 Å². The predicted molar refractivity (Wildman–Crippen MR) is 108 cm³/mol. The fourth-order valence-electron chi connectivity index (χ4n) is 3.27. The van der Waals surface area contributed by atoms with E-state index in [0.29, 0.717) is 5.19 Å². The van der Waals surface area contributed by atoms with Gasteiger partial charge in [0.2, 0.25) is 11.3 Å². The molecule has 3 aromatic rings. The van der Waals surface area contributed by atoms with Gasteiger partial charge in [0.25, 0.3) is 5.19 Å². The molecule has 8 heteroatoms. The van der Waals surface area contributed by atoms with Crippen molar-refractivity contribution in [2.24, 2.45) is 0 Å². The summed E-state index contributed by atoms with van der Waals surface area (Å²) in [5, 5.41) is 0.653. The largest absolute Gasteiger partial charge is 0.431 e. The van der Waals surface area contributed by atoms with E-state index in [2.05, 4.69) is 26.7 Å². The molecule has 4 rings (SSSR count). The number of thiazole rings is 1. The molecule has 2 heterocycles. The van der Waals surface area contributed by atoms with Gasteiger partial charge >= 0.3 is 0 Å². The summed E-state index contributed by atoms with van der Waals surface area (Å²) >= 11 is -0.382. The van der Waals surface area contributed by atoms with Crippen molar-refractivity contribution in [3.05, 3.63) is 54.1 Å². The van der Waals surface area contributed by atoms with Crippen molar-refractivity contribution in [3.63, 3.8) is 0 Å². The summed E-state index contributed by atoms with van der Waals surface area (Å²) < 4.78 is 29.4. The minimum atomic E-state index is -1.92. The van der Waals surface area contributed by atoms with Gasteiger partial charge in [-0.15, -0.1) is 0 Å². The number of rotatable bonds is 6. The van der Waals surface area contributed by atoms with E-state index < -0.39 is 11.3 Å². The molecule has 1 aliphatic rings. The summed E-state index contributed by atoms with van der Waals surface area (Å²) in [5.41, 5.74) is 2.18. The van der Waals surface area contributed by atoms with Gasteiger partial charge < -0.3 is 4.74 Å². The van der Waals surface area contributed by atoms with E-state index in [4.69, 9.17) is 9.29 Å². The number of para-hydroxylation sites is 1. The molecule has 142 valence electrons. The first-order valence-electron chi connectivity index (χ1n) is 8.87.